The Morgan fingerprint density at radius 1 is 1.16 bits per heavy atom. The summed E-state index contributed by atoms with van der Waals surface area (Å²) in [5, 5.41) is 6.29. The van der Waals surface area contributed by atoms with Gasteiger partial charge in [-0.3, -0.25) is 0 Å². The first-order chi connectivity index (χ1) is 14.5. The van der Waals surface area contributed by atoms with Crippen molar-refractivity contribution in [2.75, 3.05) is 33.4 Å². The number of benzene rings is 1. The highest BCUT2D eigenvalue weighted by molar-refractivity contribution is 5.79. The average Bonchev–Trinajstić information content (AvgIpc) is 2.69. The van der Waals surface area contributed by atoms with Crippen LogP contribution in [0.2, 0.25) is 0 Å². The van der Waals surface area contributed by atoms with Gasteiger partial charge in [0.1, 0.15) is 11.4 Å². The fourth-order valence-corrected chi connectivity index (χ4v) is 3.32. The molecule has 31 heavy (non-hydrogen) atoms. The van der Waals surface area contributed by atoms with Crippen LogP contribution in [-0.4, -0.2) is 50.6 Å². The van der Waals surface area contributed by atoms with Crippen LogP contribution in [0.1, 0.15) is 51.7 Å². The Morgan fingerprint density at radius 3 is 2.39 bits per heavy atom. The topological polar surface area (TPSA) is 64.1 Å². The quantitative estimate of drug-likeness (QED) is 0.488. The molecule has 0 unspecified atom stereocenters. The third-order valence-corrected chi connectivity index (χ3v) is 4.98. The lowest BCUT2D eigenvalue weighted by atomic mass is 9.94. The molecule has 1 aromatic rings. The number of nitrogens with zero attached hydrogens (tertiary/aromatic N) is 1. The van der Waals surface area contributed by atoms with Gasteiger partial charge in [0.25, 0.3) is 0 Å². The number of aliphatic imine (C=N–C) groups is 1. The van der Waals surface area contributed by atoms with E-state index >= 15 is 0 Å². The van der Waals surface area contributed by atoms with E-state index in [1.54, 1.807) is 33.9 Å². The molecule has 2 rings (SSSR count). The van der Waals surface area contributed by atoms with E-state index in [0.29, 0.717) is 32.3 Å². The molecule has 1 heterocycles. The minimum atomic E-state index is -4.50. The maximum atomic E-state index is 13.7. The molecular formula is C22H34F3N3O3. The van der Waals surface area contributed by atoms with Gasteiger partial charge in [-0.25, -0.2) is 4.99 Å². The van der Waals surface area contributed by atoms with E-state index in [9.17, 15) is 13.2 Å². The first-order valence-electron chi connectivity index (χ1n) is 10.5. The molecule has 0 spiro atoms. The maximum absolute atomic E-state index is 13.7. The number of rotatable bonds is 7. The molecule has 176 valence electrons. The van der Waals surface area contributed by atoms with Crippen LogP contribution in [0.15, 0.2) is 23.2 Å². The molecule has 9 heteroatoms. The number of alkyl halides is 3. The van der Waals surface area contributed by atoms with Gasteiger partial charge in [0.05, 0.1) is 17.7 Å². The minimum absolute atomic E-state index is 0.0819. The summed E-state index contributed by atoms with van der Waals surface area (Å²) in [7, 11) is 1.66. The minimum Gasteiger partial charge on any atom is -0.488 e. The van der Waals surface area contributed by atoms with Gasteiger partial charge >= 0.3 is 6.18 Å². The van der Waals surface area contributed by atoms with Crippen LogP contribution in [0.4, 0.5) is 13.2 Å². The summed E-state index contributed by atoms with van der Waals surface area (Å²) >= 11 is 0. The summed E-state index contributed by atoms with van der Waals surface area (Å²) in [4.78, 5) is 4.38. The van der Waals surface area contributed by atoms with Crippen molar-refractivity contribution in [3.05, 3.63) is 29.3 Å². The van der Waals surface area contributed by atoms with E-state index in [4.69, 9.17) is 14.2 Å². The zero-order valence-corrected chi connectivity index (χ0v) is 19.0. The van der Waals surface area contributed by atoms with Gasteiger partial charge < -0.3 is 24.8 Å². The van der Waals surface area contributed by atoms with E-state index in [1.807, 2.05) is 6.92 Å². The SMILES string of the molecule is CCNC(=NCc1ccc(OC(C)(C)C)cc1C(F)(F)F)NCC1(OC)CCOCC1. The highest BCUT2D eigenvalue weighted by Crippen LogP contribution is 2.35. The summed E-state index contributed by atoms with van der Waals surface area (Å²) in [5.41, 5.74) is -1.63. The van der Waals surface area contributed by atoms with Crippen molar-refractivity contribution in [3.63, 3.8) is 0 Å². The van der Waals surface area contributed by atoms with Crippen molar-refractivity contribution < 1.29 is 27.4 Å². The predicted octanol–water partition coefficient (Wildman–Crippen LogP) is 4.13. The number of halogens is 3. The Morgan fingerprint density at radius 2 is 1.84 bits per heavy atom. The van der Waals surface area contributed by atoms with E-state index in [-0.39, 0.29) is 23.5 Å². The van der Waals surface area contributed by atoms with Crippen LogP contribution in [0.3, 0.4) is 0 Å². The lowest BCUT2D eigenvalue weighted by molar-refractivity contribution is -0.138. The standard InChI is InChI=1S/C22H34F3N3O3/c1-6-26-19(28-15-21(29-5)9-11-30-12-10-21)27-14-16-7-8-17(31-20(2,3)4)13-18(16)22(23,24)25/h7-8,13H,6,9-12,14-15H2,1-5H3,(H2,26,27,28). The van der Waals surface area contributed by atoms with Gasteiger partial charge in [0.15, 0.2) is 5.96 Å². The van der Waals surface area contributed by atoms with Crippen molar-refractivity contribution in [1.29, 1.82) is 0 Å². The second-order valence-electron chi connectivity index (χ2n) is 8.58. The molecule has 2 N–H and O–H groups in total. The van der Waals surface area contributed by atoms with Gasteiger partial charge in [-0.1, -0.05) is 6.07 Å². The summed E-state index contributed by atoms with van der Waals surface area (Å²) in [6.45, 7) is 9.44. The van der Waals surface area contributed by atoms with Crippen molar-refractivity contribution in [2.24, 2.45) is 4.99 Å². The monoisotopic (exact) mass is 445 g/mol. The Balaban J connectivity index is 2.18. The van der Waals surface area contributed by atoms with E-state index in [0.717, 1.165) is 18.9 Å². The lowest BCUT2D eigenvalue weighted by Crippen LogP contribution is -2.50. The molecule has 6 nitrogen and oxygen atoms in total. The summed E-state index contributed by atoms with van der Waals surface area (Å²) in [6.07, 6.45) is -3.02. The van der Waals surface area contributed by atoms with Gasteiger partial charge in [-0.05, 0) is 45.4 Å². The normalized spacial score (nSPS) is 17.4. The van der Waals surface area contributed by atoms with E-state index in [1.165, 1.54) is 6.07 Å². The Hall–Kier alpha value is -2.00. The summed E-state index contributed by atoms with van der Waals surface area (Å²) in [6, 6.07) is 4.01. The highest BCUT2D eigenvalue weighted by atomic mass is 19.4. The first kappa shape index (κ1) is 25.3. The molecule has 0 saturated carbocycles. The van der Waals surface area contributed by atoms with Crippen molar-refractivity contribution in [3.8, 4) is 5.75 Å². The van der Waals surface area contributed by atoms with Crippen LogP contribution < -0.4 is 15.4 Å². The van der Waals surface area contributed by atoms with Crippen LogP contribution in [0.5, 0.6) is 5.75 Å². The van der Waals surface area contributed by atoms with Crippen LogP contribution in [0, 0.1) is 0 Å². The third kappa shape index (κ3) is 7.88. The number of nitrogens with one attached hydrogen (secondary N) is 2. The Kier molecular flexibility index (Phi) is 8.59. The molecule has 0 bridgehead atoms. The number of hydrogen-bond acceptors (Lipinski definition) is 4. The predicted molar refractivity (Wildman–Crippen MR) is 114 cm³/mol. The van der Waals surface area contributed by atoms with Gasteiger partial charge in [0, 0.05) is 46.3 Å². The maximum Gasteiger partial charge on any atom is 0.416 e. The molecule has 1 aromatic carbocycles. The largest absolute Gasteiger partial charge is 0.488 e. The van der Waals surface area contributed by atoms with Crippen molar-refractivity contribution in [2.45, 2.75) is 64.5 Å². The second kappa shape index (κ2) is 10.5. The van der Waals surface area contributed by atoms with Crippen molar-refractivity contribution in [1.82, 2.24) is 10.6 Å². The Bertz CT molecular complexity index is 740. The molecule has 0 atom stereocenters. The molecule has 0 amide bonds. The molecule has 0 aromatic heterocycles. The van der Waals surface area contributed by atoms with Gasteiger partial charge in [0.2, 0.25) is 0 Å². The fraction of sp³-hybridized carbons (Fsp3) is 0.682. The number of guanidine groups is 1. The molecular weight excluding hydrogens is 411 g/mol. The first-order valence-corrected chi connectivity index (χ1v) is 10.5. The van der Waals surface area contributed by atoms with Crippen LogP contribution >= 0.6 is 0 Å². The zero-order valence-electron chi connectivity index (χ0n) is 19.0. The number of methoxy groups -OCH3 is 1. The number of hydrogen-bond donors (Lipinski definition) is 2. The lowest BCUT2D eigenvalue weighted by Gasteiger charge is -2.36. The second-order valence-corrected chi connectivity index (χ2v) is 8.58. The smallest absolute Gasteiger partial charge is 0.416 e. The third-order valence-electron chi connectivity index (χ3n) is 4.98. The molecule has 1 aliphatic heterocycles. The van der Waals surface area contributed by atoms with Crippen molar-refractivity contribution >= 4 is 5.96 Å². The molecule has 1 aliphatic rings. The van der Waals surface area contributed by atoms with E-state index in [2.05, 4.69) is 15.6 Å². The molecule has 0 aliphatic carbocycles. The van der Waals surface area contributed by atoms with Crippen LogP contribution in [0.25, 0.3) is 0 Å². The zero-order chi connectivity index (χ0) is 23.1. The van der Waals surface area contributed by atoms with Gasteiger partial charge in [-0.15, -0.1) is 0 Å². The fourth-order valence-electron chi connectivity index (χ4n) is 3.32. The number of ether oxygens (including phenoxy) is 3. The van der Waals surface area contributed by atoms with Gasteiger partial charge in [-0.2, -0.15) is 13.2 Å². The summed E-state index contributed by atoms with van der Waals surface area (Å²) in [5.74, 6) is 0.618. The summed E-state index contributed by atoms with van der Waals surface area (Å²) < 4.78 is 57.7. The van der Waals surface area contributed by atoms with Crippen LogP contribution in [-0.2, 0) is 22.2 Å². The molecule has 1 saturated heterocycles. The highest BCUT2D eigenvalue weighted by Gasteiger charge is 2.34. The average molecular weight is 446 g/mol. The Labute approximate surface area is 182 Å². The molecule has 1 fully saturated rings. The van der Waals surface area contributed by atoms with E-state index < -0.39 is 17.3 Å². The molecule has 0 radical (unpaired) electrons.